The predicted octanol–water partition coefficient (Wildman–Crippen LogP) is 3.19. The first-order valence-electron chi connectivity index (χ1n) is 9.32. The summed E-state index contributed by atoms with van der Waals surface area (Å²) in [5.41, 5.74) is 3.03. The van der Waals surface area contributed by atoms with Crippen LogP contribution in [0.1, 0.15) is 16.7 Å². The molecule has 0 saturated carbocycles. The fourth-order valence-electron chi connectivity index (χ4n) is 2.68. The van der Waals surface area contributed by atoms with Gasteiger partial charge in [0.15, 0.2) is 6.61 Å². The van der Waals surface area contributed by atoms with Gasteiger partial charge >= 0.3 is 0 Å². The van der Waals surface area contributed by atoms with Crippen LogP contribution < -0.4 is 14.8 Å². The maximum atomic E-state index is 12.6. The zero-order valence-corrected chi connectivity index (χ0v) is 17.6. The Morgan fingerprint density at radius 3 is 2.50 bits per heavy atom. The van der Waals surface area contributed by atoms with Crippen LogP contribution in [0.4, 0.5) is 5.69 Å². The van der Waals surface area contributed by atoms with Crippen molar-refractivity contribution in [3.63, 3.8) is 0 Å². The highest BCUT2D eigenvalue weighted by atomic mass is 32.2. The van der Waals surface area contributed by atoms with Gasteiger partial charge in [-0.3, -0.25) is 14.5 Å². The second kappa shape index (κ2) is 9.41. The normalized spacial score (nSPS) is 11.0. The molecule has 0 unspecified atom stereocenters. The van der Waals surface area contributed by atoms with E-state index in [0.717, 1.165) is 11.1 Å². The number of benzene rings is 2. The molecule has 2 aromatic carbocycles. The minimum absolute atomic E-state index is 0.119. The first-order chi connectivity index (χ1) is 14.3. The maximum Gasteiger partial charge on any atom is 0.261 e. The number of carbonyl (C=O) groups excluding carboxylic acids is 1. The molecule has 1 aromatic heterocycles. The summed E-state index contributed by atoms with van der Waals surface area (Å²) in [6.45, 7) is 3.85. The Morgan fingerprint density at radius 2 is 1.83 bits per heavy atom. The van der Waals surface area contributed by atoms with Crippen molar-refractivity contribution in [1.82, 2.24) is 10.3 Å². The molecular formula is C22H23N3O4S. The molecule has 0 atom stereocenters. The largest absolute Gasteiger partial charge is 0.484 e. The Labute approximate surface area is 176 Å². The number of hydrogen-bond acceptors (Lipinski definition) is 5. The lowest BCUT2D eigenvalue weighted by molar-refractivity contribution is -0.123. The molecule has 0 fully saturated rings. The van der Waals surface area contributed by atoms with E-state index in [1.54, 1.807) is 43.6 Å². The quantitative estimate of drug-likeness (QED) is 0.578. The number of rotatable bonds is 8. The number of sulfonamides is 1. The summed E-state index contributed by atoms with van der Waals surface area (Å²) in [4.78, 5) is 16.1. The number of amides is 1. The van der Waals surface area contributed by atoms with Crippen LogP contribution in [-0.2, 0) is 21.4 Å². The van der Waals surface area contributed by atoms with E-state index in [-0.39, 0.29) is 17.4 Å². The molecule has 0 radical (unpaired) electrons. The third-order valence-electron chi connectivity index (χ3n) is 4.33. The number of nitrogens with one attached hydrogen (secondary N) is 2. The van der Waals surface area contributed by atoms with E-state index in [2.05, 4.69) is 15.0 Å². The number of aryl methyl sites for hydroxylation is 2. The summed E-state index contributed by atoms with van der Waals surface area (Å²) in [6.07, 6.45) is 3.34. The molecule has 3 aromatic rings. The summed E-state index contributed by atoms with van der Waals surface area (Å²) >= 11 is 0. The molecule has 1 heterocycles. The van der Waals surface area contributed by atoms with E-state index >= 15 is 0 Å². The predicted molar refractivity (Wildman–Crippen MR) is 115 cm³/mol. The van der Waals surface area contributed by atoms with Crippen LogP contribution in [0.3, 0.4) is 0 Å². The first-order valence-corrected chi connectivity index (χ1v) is 10.8. The van der Waals surface area contributed by atoms with Crippen LogP contribution in [-0.4, -0.2) is 25.9 Å². The van der Waals surface area contributed by atoms with Crippen molar-refractivity contribution in [1.29, 1.82) is 0 Å². The van der Waals surface area contributed by atoms with Gasteiger partial charge in [0.1, 0.15) is 5.75 Å². The second-order valence-electron chi connectivity index (χ2n) is 6.83. The number of aromatic nitrogens is 1. The average molecular weight is 426 g/mol. The van der Waals surface area contributed by atoms with Gasteiger partial charge in [-0.1, -0.05) is 23.8 Å². The summed E-state index contributed by atoms with van der Waals surface area (Å²) < 4.78 is 33.3. The number of ether oxygens (including phenoxy) is 1. The van der Waals surface area contributed by atoms with Crippen LogP contribution in [0.2, 0.25) is 0 Å². The fourth-order valence-corrected chi connectivity index (χ4v) is 3.83. The molecule has 156 valence electrons. The lowest BCUT2D eigenvalue weighted by Crippen LogP contribution is -2.28. The maximum absolute atomic E-state index is 12.6. The van der Waals surface area contributed by atoms with Gasteiger partial charge in [0.2, 0.25) is 0 Å². The van der Waals surface area contributed by atoms with E-state index in [9.17, 15) is 13.2 Å². The van der Waals surface area contributed by atoms with Crippen molar-refractivity contribution in [2.24, 2.45) is 0 Å². The van der Waals surface area contributed by atoms with Gasteiger partial charge in [-0.15, -0.1) is 0 Å². The third-order valence-corrected chi connectivity index (χ3v) is 5.71. The minimum atomic E-state index is -3.73. The highest BCUT2D eigenvalue weighted by molar-refractivity contribution is 7.92. The molecule has 0 saturated heterocycles. The summed E-state index contributed by atoms with van der Waals surface area (Å²) in [5.74, 6) is 0.164. The first kappa shape index (κ1) is 21.3. The summed E-state index contributed by atoms with van der Waals surface area (Å²) in [7, 11) is -3.73. The topological polar surface area (TPSA) is 97.4 Å². The summed E-state index contributed by atoms with van der Waals surface area (Å²) in [5, 5.41) is 2.75. The van der Waals surface area contributed by atoms with Gasteiger partial charge in [-0.25, -0.2) is 8.42 Å². The molecule has 0 aliphatic heterocycles. The van der Waals surface area contributed by atoms with Crippen molar-refractivity contribution in [2.45, 2.75) is 25.3 Å². The van der Waals surface area contributed by atoms with Crippen molar-refractivity contribution in [2.75, 3.05) is 11.3 Å². The molecule has 0 bridgehead atoms. The number of carbonyl (C=O) groups is 1. The molecule has 30 heavy (non-hydrogen) atoms. The fraction of sp³-hybridized carbons (Fsp3) is 0.182. The van der Waals surface area contributed by atoms with E-state index < -0.39 is 10.0 Å². The molecule has 7 nitrogen and oxygen atoms in total. The van der Waals surface area contributed by atoms with Crippen LogP contribution in [0.15, 0.2) is 71.9 Å². The Bertz CT molecular complexity index is 1110. The van der Waals surface area contributed by atoms with Gasteiger partial charge < -0.3 is 10.1 Å². The molecule has 8 heteroatoms. The van der Waals surface area contributed by atoms with Crippen molar-refractivity contribution >= 4 is 21.6 Å². The second-order valence-corrected chi connectivity index (χ2v) is 8.51. The van der Waals surface area contributed by atoms with Crippen LogP contribution in [0.25, 0.3) is 0 Å². The van der Waals surface area contributed by atoms with Crippen molar-refractivity contribution in [3.05, 3.63) is 83.7 Å². The van der Waals surface area contributed by atoms with E-state index in [4.69, 9.17) is 4.74 Å². The van der Waals surface area contributed by atoms with Crippen molar-refractivity contribution < 1.29 is 17.9 Å². The highest BCUT2D eigenvalue weighted by Crippen LogP contribution is 2.23. The third kappa shape index (κ3) is 5.81. The lowest BCUT2D eigenvalue weighted by Gasteiger charge is -2.12. The lowest BCUT2D eigenvalue weighted by atomic mass is 10.2. The van der Waals surface area contributed by atoms with Gasteiger partial charge in [0.25, 0.3) is 15.9 Å². The van der Waals surface area contributed by atoms with E-state index in [1.165, 1.54) is 12.1 Å². The number of nitrogens with zero attached hydrogens (tertiary/aromatic N) is 1. The molecule has 0 spiro atoms. The zero-order valence-electron chi connectivity index (χ0n) is 16.8. The van der Waals surface area contributed by atoms with Crippen LogP contribution >= 0.6 is 0 Å². The van der Waals surface area contributed by atoms with Gasteiger partial charge in [0.05, 0.1) is 4.90 Å². The van der Waals surface area contributed by atoms with E-state index in [1.807, 2.05) is 25.1 Å². The number of anilines is 1. The monoisotopic (exact) mass is 425 g/mol. The van der Waals surface area contributed by atoms with Crippen LogP contribution in [0.5, 0.6) is 5.75 Å². The molecule has 0 aliphatic carbocycles. The molecule has 1 amide bonds. The highest BCUT2D eigenvalue weighted by Gasteiger charge is 2.16. The average Bonchev–Trinajstić information content (AvgIpc) is 2.73. The Morgan fingerprint density at radius 1 is 1.07 bits per heavy atom. The molecule has 0 aliphatic rings. The van der Waals surface area contributed by atoms with E-state index in [0.29, 0.717) is 23.5 Å². The van der Waals surface area contributed by atoms with Crippen molar-refractivity contribution in [3.8, 4) is 5.75 Å². The van der Waals surface area contributed by atoms with Gasteiger partial charge in [0, 0.05) is 24.6 Å². The number of pyridine rings is 1. The SMILES string of the molecule is Cc1ccc(NS(=O)(=O)c2ccc(OCC(=O)NCc3cccnc3)c(C)c2)cc1. The standard InChI is InChI=1S/C22H23N3O4S/c1-16-5-7-19(8-6-16)25-30(27,28)20-9-10-21(17(2)12-20)29-15-22(26)24-14-18-4-3-11-23-13-18/h3-13,25H,14-15H2,1-2H3,(H,24,26). The molecular weight excluding hydrogens is 402 g/mol. The molecule has 3 rings (SSSR count). The smallest absolute Gasteiger partial charge is 0.261 e. The Kier molecular flexibility index (Phi) is 6.68. The molecule has 2 N–H and O–H groups in total. The van der Waals surface area contributed by atoms with Gasteiger partial charge in [-0.2, -0.15) is 0 Å². The summed E-state index contributed by atoms with van der Waals surface area (Å²) in [6, 6.07) is 15.3. The van der Waals surface area contributed by atoms with Gasteiger partial charge in [-0.05, 0) is 61.4 Å². The Balaban J connectivity index is 1.59. The van der Waals surface area contributed by atoms with Crippen LogP contribution in [0, 0.1) is 13.8 Å². The Hall–Kier alpha value is -3.39. The zero-order chi connectivity index (χ0) is 21.6. The minimum Gasteiger partial charge on any atom is -0.484 e. The number of hydrogen-bond donors (Lipinski definition) is 2.